The minimum absolute atomic E-state index is 0.226. The Kier molecular flexibility index (Phi) is 5.23. The van der Waals surface area contributed by atoms with Gasteiger partial charge in [0, 0.05) is 18.0 Å². The van der Waals surface area contributed by atoms with Crippen LogP contribution in [-0.4, -0.2) is 21.5 Å². The third-order valence-corrected chi connectivity index (χ3v) is 6.59. The zero-order valence-corrected chi connectivity index (χ0v) is 13.9. The first-order chi connectivity index (χ1) is 9.53. The summed E-state index contributed by atoms with van der Waals surface area (Å²) in [6.07, 6.45) is 4.37. The normalized spacial score (nSPS) is 17.3. The van der Waals surface area contributed by atoms with Gasteiger partial charge in [0.1, 0.15) is 0 Å². The Morgan fingerprint density at radius 2 is 2.10 bits per heavy atom. The standard InChI is InChI=1S/C14H24N2O2S2/c1-3-8-15-10-12-13(5-9-19-12)20(17,18)16-11-14(4-2)6-7-14/h5,9,15-16H,3-4,6-8,10-11H2,1-2H3. The van der Waals surface area contributed by atoms with Gasteiger partial charge in [0.25, 0.3) is 0 Å². The number of hydrogen-bond donors (Lipinski definition) is 2. The average molecular weight is 316 g/mol. The highest BCUT2D eigenvalue weighted by molar-refractivity contribution is 7.89. The molecule has 0 spiro atoms. The Balaban J connectivity index is 2.00. The summed E-state index contributed by atoms with van der Waals surface area (Å²) in [6, 6.07) is 1.71. The second kappa shape index (κ2) is 6.56. The molecule has 2 N–H and O–H groups in total. The van der Waals surface area contributed by atoms with Gasteiger partial charge in [0.05, 0.1) is 4.90 Å². The summed E-state index contributed by atoms with van der Waals surface area (Å²) in [5.74, 6) is 0. The molecule has 0 unspecified atom stereocenters. The number of thiophene rings is 1. The van der Waals surface area contributed by atoms with Gasteiger partial charge in [-0.1, -0.05) is 13.8 Å². The van der Waals surface area contributed by atoms with E-state index in [2.05, 4.69) is 23.9 Å². The van der Waals surface area contributed by atoms with E-state index in [9.17, 15) is 8.42 Å². The highest BCUT2D eigenvalue weighted by Crippen LogP contribution is 2.48. The second-order valence-corrected chi connectivity index (χ2v) is 8.30. The van der Waals surface area contributed by atoms with Crippen molar-refractivity contribution >= 4 is 21.4 Å². The van der Waals surface area contributed by atoms with Crippen molar-refractivity contribution in [3.63, 3.8) is 0 Å². The molecule has 2 rings (SSSR count). The first kappa shape index (κ1) is 15.9. The van der Waals surface area contributed by atoms with E-state index in [1.807, 2.05) is 5.38 Å². The van der Waals surface area contributed by atoms with Crippen molar-refractivity contribution in [3.05, 3.63) is 16.3 Å². The molecule has 0 saturated heterocycles. The van der Waals surface area contributed by atoms with Crippen LogP contribution in [0.2, 0.25) is 0 Å². The molecule has 1 aliphatic carbocycles. The van der Waals surface area contributed by atoms with E-state index in [1.165, 1.54) is 11.3 Å². The third kappa shape index (κ3) is 3.81. The van der Waals surface area contributed by atoms with Crippen molar-refractivity contribution in [2.45, 2.75) is 51.0 Å². The number of rotatable bonds is 9. The van der Waals surface area contributed by atoms with Crippen molar-refractivity contribution in [1.82, 2.24) is 10.0 Å². The Morgan fingerprint density at radius 1 is 1.35 bits per heavy atom. The number of hydrogen-bond acceptors (Lipinski definition) is 4. The maximum absolute atomic E-state index is 12.4. The van der Waals surface area contributed by atoms with Crippen molar-refractivity contribution in [1.29, 1.82) is 0 Å². The third-order valence-electron chi connectivity index (χ3n) is 4.05. The maximum Gasteiger partial charge on any atom is 0.241 e. The zero-order chi connectivity index (χ0) is 14.6. The summed E-state index contributed by atoms with van der Waals surface area (Å²) in [5, 5.41) is 5.12. The Labute approximate surface area is 126 Å². The van der Waals surface area contributed by atoms with Crippen molar-refractivity contribution in [3.8, 4) is 0 Å². The fourth-order valence-corrected chi connectivity index (χ4v) is 4.80. The van der Waals surface area contributed by atoms with Crippen LogP contribution in [0.1, 0.15) is 44.4 Å². The predicted octanol–water partition coefficient (Wildman–Crippen LogP) is 2.72. The van der Waals surface area contributed by atoms with E-state index in [0.29, 0.717) is 18.0 Å². The average Bonchev–Trinajstić information content (AvgIpc) is 3.06. The molecule has 114 valence electrons. The van der Waals surface area contributed by atoms with E-state index >= 15 is 0 Å². The molecule has 0 aliphatic heterocycles. The summed E-state index contributed by atoms with van der Waals surface area (Å²) in [7, 11) is -3.37. The van der Waals surface area contributed by atoms with Gasteiger partial charge < -0.3 is 5.32 Å². The highest BCUT2D eigenvalue weighted by Gasteiger charge is 2.41. The first-order valence-electron chi connectivity index (χ1n) is 7.30. The topological polar surface area (TPSA) is 58.2 Å². The fourth-order valence-electron chi connectivity index (χ4n) is 2.23. The molecular weight excluding hydrogens is 292 g/mol. The van der Waals surface area contributed by atoms with Gasteiger partial charge in [-0.25, -0.2) is 13.1 Å². The van der Waals surface area contributed by atoms with Gasteiger partial charge in [-0.05, 0) is 49.1 Å². The van der Waals surface area contributed by atoms with Crippen LogP contribution in [-0.2, 0) is 16.6 Å². The SMILES string of the molecule is CCCNCc1sccc1S(=O)(=O)NCC1(CC)CC1. The molecule has 0 atom stereocenters. The minimum Gasteiger partial charge on any atom is -0.312 e. The maximum atomic E-state index is 12.4. The lowest BCUT2D eigenvalue weighted by molar-refractivity contribution is 0.475. The Bertz CT molecular complexity index is 533. The molecule has 1 aliphatic rings. The second-order valence-electron chi connectivity index (χ2n) is 5.56. The van der Waals surface area contributed by atoms with Gasteiger partial charge in [0.15, 0.2) is 0 Å². The largest absolute Gasteiger partial charge is 0.312 e. The monoisotopic (exact) mass is 316 g/mol. The van der Waals surface area contributed by atoms with Crippen LogP contribution >= 0.6 is 11.3 Å². The van der Waals surface area contributed by atoms with Gasteiger partial charge in [-0.3, -0.25) is 0 Å². The molecule has 0 radical (unpaired) electrons. The van der Waals surface area contributed by atoms with Crippen LogP contribution < -0.4 is 10.0 Å². The van der Waals surface area contributed by atoms with Gasteiger partial charge in [-0.2, -0.15) is 0 Å². The first-order valence-corrected chi connectivity index (χ1v) is 9.66. The van der Waals surface area contributed by atoms with Crippen LogP contribution in [0.5, 0.6) is 0 Å². The Morgan fingerprint density at radius 3 is 2.70 bits per heavy atom. The minimum atomic E-state index is -3.37. The van der Waals surface area contributed by atoms with Gasteiger partial charge >= 0.3 is 0 Å². The summed E-state index contributed by atoms with van der Waals surface area (Å²) in [5.41, 5.74) is 0.226. The predicted molar refractivity (Wildman–Crippen MR) is 83.5 cm³/mol. The van der Waals surface area contributed by atoms with E-state index < -0.39 is 10.0 Å². The molecule has 0 aromatic carbocycles. The summed E-state index contributed by atoms with van der Waals surface area (Å²) >= 11 is 1.50. The molecule has 20 heavy (non-hydrogen) atoms. The van der Waals surface area contributed by atoms with Crippen molar-refractivity contribution < 1.29 is 8.42 Å². The fraction of sp³-hybridized carbons (Fsp3) is 0.714. The summed E-state index contributed by atoms with van der Waals surface area (Å²) in [6.45, 7) is 6.33. The van der Waals surface area contributed by atoms with Crippen LogP contribution in [0, 0.1) is 5.41 Å². The zero-order valence-electron chi connectivity index (χ0n) is 12.2. The molecule has 6 heteroatoms. The molecule has 1 aromatic rings. The highest BCUT2D eigenvalue weighted by atomic mass is 32.2. The summed E-state index contributed by atoms with van der Waals surface area (Å²) < 4.78 is 27.6. The molecule has 1 saturated carbocycles. The lowest BCUT2D eigenvalue weighted by atomic mass is 10.1. The number of nitrogens with one attached hydrogen (secondary N) is 2. The van der Waals surface area contributed by atoms with Gasteiger partial charge in [-0.15, -0.1) is 11.3 Å². The van der Waals surface area contributed by atoms with Crippen LogP contribution in [0.15, 0.2) is 16.3 Å². The smallest absolute Gasteiger partial charge is 0.241 e. The van der Waals surface area contributed by atoms with Crippen molar-refractivity contribution in [2.75, 3.05) is 13.1 Å². The molecule has 1 heterocycles. The molecule has 1 fully saturated rings. The Hall–Kier alpha value is -0.430. The molecular formula is C14H24N2O2S2. The quantitative estimate of drug-likeness (QED) is 0.689. The molecule has 0 bridgehead atoms. The van der Waals surface area contributed by atoms with Crippen molar-refractivity contribution in [2.24, 2.45) is 5.41 Å². The molecule has 1 aromatic heterocycles. The number of sulfonamides is 1. The van der Waals surface area contributed by atoms with E-state index in [1.54, 1.807) is 6.07 Å². The molecule has 4 nitrogen and oxygen atoms in total. The lowest BCUT2D eigenvalue weighted by Gasteiger charge is -2.14. The van der Waals surface area contributed by atoms with E-state index in [0.717, 1.165) is 37.1 Å². The van der Waals surface area contributed by atoms with Gasteiger partial charge in [0.2, 0.25) is 10.0 Å². The summed E-state index contributed by atoms with van der Waals surface area (Å²) in [4.78, 5) is 1.34. The van der Waals surface area contributed by atoms with E-state index in [4.69, 9.17) is 0 Å². The van der Waals surface area contributed by atoms with Crippen LogP contribution in [0.25, 0.3) is 0 Å². The van der Waals surface area contributed by atoms with Crippen LogP contribution in [0.3, 0.4) is 0 Å². The van der Waals surface area contributed by atoms with Crippen LogP contribution in [0.4, 0.5) is 0 Å². The van der Waals surface area contributed by atoms with E-state index in [-0.39, 0.29) is 5.41 Å². The lowest BCUT2D eigenvalue weighted by Crippen LogP contribution is -2.30. The molecule has 0 amide bonds.